The molecule has 0 aliphatic carbocycles. The summed E-state index contributed by atoms with van der Waals surface area (Å²) in [6, 6.07) is 21.7. The average molecular weight is 387 g/mol. The monoisotopic (exact) mass is 386 g/mol. The Bertz CT molecular complexity index is 1010. The number of nitrogens with two attached hydrogens (primary N) is 2. The quantitative estimate of drug-likeness (QED) is 0.500. The second-order valence-corrected chi connectivity index (χ2v) is 9.17. The summed E-state index contributed by atoms with van der Waals surface area (Å²) in [5.74, 6) is 0. The van der Waals surface area contributed by atoms with E-state index < -0.39 is 0 Å². The Balaban J connectivity index is 2.06. The van der Waals surface area contributed by atoms with Gasteiger partial charge in [-0.3, -0.25) is 0 Å². The summed E-state index contributed by atoms with van der Waals surface area (Å²) in [5.41, 5.74) is 21.2. The lowest BCUT2D eigenvalue weighted by Crippen LogP contribution is -2.23. The SMILES string of the molecule is CCc1cc(C(C)(C)c2cccc(C(C)(C)c3ccc(N)cc3)c2)cc(C)c1N. The smallest absolute Gasteiger partial charge is 0.0376 e. The first-order chi connectivity index (χ1) is 13.6. The topological polar surface area (TPSA) is 52.0 Å². The van der Waals surface area contributed by atoms with E-state index in [9.17, 15) is 0 Å². The molecule has 0 atom stereocenters. The third-order valence-electron chi connectivity index (χ3n) is 6.51. The van der Waals surface area contributed by atoms with Crippen molar-refractivity contribution < 1.29 is 0 Å². The highest BCUT2D eigenvalue weighted by Gasteiger charge is 2.28. The van der Waals surface area contributed by atoms with Crippen LogP contribution < -0.4 is 11.5 Å². The number of benzene rings is 3. The molecule has 0 aliphatic heterocycles. The van der Waals surface area contributed by atoms with Crippen LogP contribution in [0.2, 0.25) is 0 Å². The van der Waals surface area contributed by atoms with Crippen LogP contribution in [0.3, 0.4) is 0 Å². The first-order valence-electron chi connectivity index (χ1n) is 10.4. The predicted molar refractivity (Wildman–Crippen MR) is 127 cm³/mol. The van der Waals surface area contributed by atoms with Crippen molar-refractivity contribution in [3.05, 3.63) is 94.0 Å². The van der Waals surface area contributed by atoms with Crippen molar-refractivity contribution in [2.45, 2.75) is 58.8 Å². The van der Waals surface area contributed by atoms with Crippen LogP contribution >= 0.6 is 0 Å². The highest BCUT2D eigenvalue weighted by molar-refractivity contribution is 5.57. The van der Waals surface area contributed by atoms with Crippen LogP contribution in [0.5, 0.6) is 0 Å². The zero-order valence-electron chi connectivity index (χ0n) is 18.6. The van der Waals surface area contributed by atoms with Gasteiger partial charge in [-0.15, -0.1) is 0 Å². The lowest BCUT2D eigenvalue weighted by molar-refractivity contribution is 0.617. The van der Waals surface area contributed by atoms with E-state index in [-0.39, 0.29) is 10.8 Å². The van der Waals surface area contributed by atoms with E-state index in [0.29, 0.717) is 0 Å². The molecule has 0 saturated carbocycles. The first-order valence-corrected chi connectivity index (χ1v) is 10.4. The Morgan fingerprint density at radius 3 is 1.79 bits per heavy atom. The van der Waals surface area contributed by atoms with Gasteiger partial charge in [0.15, 0.2) is 0 Å². The van der Waals surface area contributed by atoms with Crippen LogP contribution in [0, 0.1) is 6.92 Å². The molecular weight excluding hydrogens is 352 g/mol. The van der Waals surface area contributed by atoms with Gasteiger partial charge in [-0.25, -0.2) is 0 Å². The molecule has 0 fully saturated rings. The average Bonchev–Trinajstić information content (AvgIpc) is 2.70. The van der Waals surface area contributed by atoms with Gasteiger partial charge in [0.05, 0.1) is 0 Å². The normalized spacial score (nSPS) is 12.2. The Hall–Kier alpha value is -2.74. The second-order valence-electron chi connectivity index (χ2n) is 9.17. The molecule has 0 aromatic heterocycles. The molecular formula is C27H34N2. The van der Waals surface area contributed by atoms with Gasteiger partial charge in [-0.2, -0.15) is 0 Å². The molecule has 0 aliphatic rings. The van der Waals surface area contributed by atoms with Gasteiger partial charge in [0.25, 0.3) is 0 Å². The van der Waals surface area contributed by atoms with E-state index in [0.717, 1.165) is 23.4 Å². The Kier molecular flexibility index (Phi) is 5.49. The zero-order chi connectivity index (χ0) is 21.4. The molecule has 0 bridgehead atoms. The summed E-state index contributed by atoms with van der Waals surface area (Å²) in [5, 5.41) is 0. The van der Waals surface area contributed by atoms with Gasteiger partial charge in [0.1, 0.15) is 0 Å². The van der Waals surface area contributed by atoms with Gasteiger partial charge >= 0.3 is 0 Å². The number of rotatable bonds is 5. The lowest BCUT2D eigenvalue weighted by Gasteiger charge is -2.31. The van der Waals surface area contributed by atoms with Gasteiger partial charge in [-0.05, 0) is 58.9 Å². The van der Waals surface area contributed by atoms with Crippen molar-refractivity contribution in [2.24, 2.45) is 0 Å². The molecule has 0 amide bonds. The van der Waals surface area contributed by atoms with Crippen LogP contribution in [0.4, 0.5) is 11.4 Å². The molecule has 0 radical (unpaired) electrons. The third-order valence-corrected chi connectivity index (χ3v) is 6.51. The zero-order valence-corrected chi connectivity index (χ0v) is 18.6. The molecule has 29 heavy (non-hydrogen) atoms. The molecule has 0 saturated heterocycles. The first kappa shape index (κ1) is 21.0. The van der Waals surface area contributed by atoms with Crippen LogP contribution in [-0.2, 0) is 17.3 Å². The minimum atomic E-state index is -0.115. The Morgan fingerprint density at radius 1 is 0.690 bits per heavy atom. The Morgan fingerprint density at radius 2 is 1.24 bits per heavy atom. The van der Waals surface area contributed by atoms with Crippen molar-refractivity contribution >= 4 is 11.4 Å². The van der Waals surface area contributed by atoms with Crippen molar-refractivity contribution in [2.75, 3.05) is 11.5 Å². The third kappa shape index (κ3) is 3.89. The van der Waals surface area contributed by atoms with Crippen molar-refractivity contribution in [1.29, 1.82) is 0 Å². The molecule has 0 unspecified atom stereocenters. The summed E-state index contributed by atoms with van der Waals surface area (Å²) < 4.78 is 0. The predicted octanol–water partition coefficient (Wildman–Crippen LogP) is 6.37. The maximum Gasteiger partial charge on any atom is 0.0376 e. The molecule has 3 aromatic rings. The summed E-state index contributed by atoms with van der Waals surface area (Å²) in [6.07, 6.45) is 0.945. The van der Waals surface area contributed by atoms with Crippen LogP contribution in [0.1, 0.15) is 68.0 Å². The fourth-order valence-corrected chi connectivity index (χ4v) is 4.05. The largest absolute Gasteiger partial charge is 0.399 e. The molecule has 4 N–H and O–H groups in total. The summed E-state index contributed by atoms with van der Waals surface area (Å²) in [7, 11) is 0. The fourth-order valence-electron chi connectivity index (χ4n) is 4.05. The molecule has 152 valence electrons. The minimum absolute atomic E-state index is 0.106. The molecule has 3 rings (SSSR count). The highest BCUT2D eigenvalue weighted by atomic mass is 14.6. The molecule has 0 spiro atoms. The Labute approximate surface area is 176 Å². The van der Waals surface area contributed by atoms with Gasteiger partial charge in [0.2, 0.25) is 0 Å². The van der Waals surface area contributed by atoms with E-state index in [1.807, 2.05) is 12.1 Å². The maximum atomic E-state index is 6.29. The highest BCUT2D eigenvalue weighted by Crippen LogP contribution is 2.38. The van der Waals surface area contributed by atoms with Crippen LogP contribution in [-0.4, -0.2) is 0 Å². The molecule has 2 nitrogen and oxygen atoms in total. The van der Waals surface area contributed by atoms with Crippen molar-refractivity contribution in [3.63, 3.8) is 0 Å². The number of hydrogen-bond donors (Lipinski definition) is 2. The van der Waals surface area contributed by atoms with E-state index in [4.69, 9.17) is 11.5 Å². The maximum absolute atomic E-state index is 6.29. The minimum Gasteiger partial charge on any atom is -0.399 e. The van der Waals surface area contributed by atoms with Gasteiger partial charge < -0.3 is 11.5 Å². The summed E-state index contributed by atoms with van der Waals surface area (Å²) >= 11 is 0. The summed E-state index contributed by atoms with van der Waals surface area (Å²) in [4.78, 5) is 0. The standard InChI is InChI=1S/C27H34N2/c1-7-19-16-23(15-18(2)25(19)29)27(5,6)22-10-8-9-21(17-22)26(3,4)20-11-13-24(28)14-12-20/h8-17H,7,28-29H2,1-6H3. The van der Waals surface area contributed by atoms with Gasteiger partial charge in [-0.1, -0.05) is 83.1 Å². The molecule has 3 aromatic carbocycles. The van der Waals surface area contributed by atoms with E-state index in [1.165, 1.54) is 27.8 Å². The number of hydrogen-bond acceptors (Lipinski definition) is 2. The molecule has 2 heteroatoms. The number of aryl methyl sites for hydroxylation is 2. The second kappa shape index (κ2) is 7.59. The van der Waals surface area contributed by atoms with Crippen molar-refractivity contribution in [1.82, 2.24) is 0 Å². The number of nitrogen functional groups attached to an aromatic ring is 2. The fraction of sp³-hybridized carbons (Fsp3) is 0.333. The number of anilines is 2. The van der Waals surface area contributed by atoms with Crippen LogP contribution in [0.15, 0.2) is 60.7 Å². The lowest BCUT2D eigenvalue weighted by atomic mass is 9.73. The van der Waals surface area contributed by atoms with Crippen molar-refractivity contribution in [3.8, 4) is 0 Å². The van der Waals surface area contributed by atoms with E-state index in [1.54, 1.807) is 0 Å². The van der Waals surface area contributed by atoms with E-state index in [2.05, 4.69) is 90.1 Å². The van der Waals surface area contributed by atoms with Gasteiger partial charge in [0, 0.05) is 22.2 Å². The summed E-state index contributed by atoms with van der Waals surface area (Å²) in [6.45, 7) is 13.4. The van der Waals surface area contributed by atoms with E-state index >= 15 is 0 Å². The molecule has 0 heterocycles. The van der Waals surface area contributed by atoms with Crippen LogP contribution in [0.25, 0.3) is 0 Å².